The van der Waals surface area contributed by atoms with Gasteiger partial charge in [-0.3, -0.25) is 0 Å². The lowest BCUT2D eigenvalue weighted by atomic mass is 9.79. The third-order valence-electron chi connectivity index (χ3n) is 10.2. The largest absolute Gasteiger partial charge is 0.0837 e. The second kappa shape index (κ2) is 11.4. The normalized spacial score (nSPS) is 17.4. The number of allylic oxidation sites excluding steroid dienone is 2. The molecule has 0 radical (unpaired) electrons. The van der Waals surface area contributed by atoms with Crippen LogP contribution in [0.2, 0.25) is 0 Å². The van der Waals surface area contributed by atoms with E-state index in [0.717, 1.165) is 29.3 Å². The lowest BCUT2D eigenvalue weighted by Gasteiger charge is -2.24. The summed E-state index contributed by atoms with van der Waals surface area (Å²) in [6.45, 7) is 4.50. The summed E-state index contributed by atoms with van der Waals surface area (Å²) < 4.78 is 0. The Bertz CT molecular complexity index is 2030. The van der Waals surface area contributed by atoms with Crippen molar-refractivity contribution < 1.29 is 0 Å². The van der Waals surface area contributed by atoms with Crippen molar-refractivity contribution in [2.45, 2.75) is 44.9 Å². The van der Waals surface area contributed by atoms with Crippen molar-refractivity contribution in [1.82, 2.24) is 0 Å². The second-order valence-corrected chi connectivity index (χ2v) is 13.1. The van der Waals surface area contributed by atoms with Gasteiger partial charge in [0.1, 0.15) is 0 Å². The molecule has 2 aliphatic carbocycles. The number of benzene rings is 6. The monoisotopic (exact) mass is 620 g/mol. The molecule has 220 valence electrons. The van der Waals surface area contributed by atoms with Crippen LogP contribution in [0, 0.1) is 0 Å². The lowest BCUT2D eigenvalue weighted by Crippen LogP contribution is -2.08. The zero-order valence-electron chi connectivity index (χ0n) is 25.6. The van der Waals surface area contributed by atoms with Gasteiger partial charge < -0.3 is 0 Å². The summed E-state index contributed by atoms with van der Waals surface area (Å²) in [5, 5.41) is 6.86. The second-order valence-electron chi connectivity index (χ2n) is 12.3. The predicted molar refractivity (Wildman–Crippen MR) is 195 cm³/mol. The summed E-state index contributed by atoms with van der Waals surface area (Å²) in [4.78, 5) is 0. The first-order valence-corrected chi connectivity index (χ1v) is 16.9. The van der Waals surface area contributed by atoms with Crippen LogP contribution in [-0.4, -0.2) is 0 Å². The van der Waals surface area contributed by atoms with E-state index >= 15 is 0 Å². The Hall–Kier alpha value is -4.10. The molecule has 0 fully saturated rings. The summed E-state index contributed by atoms with van der Waals surface area (Å²) in [5.41, 5.74) is 12.7. The van der Waals surface area contributed by atoms with Gasteiger partial charge in [-0.25, -0.2) is 0 Å². The Morgan fingerprint density at radius 2 is 0.822 bits per heavy atom. The van der Waals surface area contributed by atoms with Crippen molar-refractivity contribution >= 4 is 54.8 Å². The average molecular weight is 622 g/mol. The highest BCUT2D eigenvalue weighted by atomic mass is 35.5. The molecule has 0 aromatic heterocycles. The van der Waals surface area contributed by atoms with Crippen molar-refractivity contribution in [3.63, 3.8) is 0 Å². The van der Waals surface area contributed by atoms with Crippen molar-refractivity contribution in [1.29, 1.82) is 0 Å². The molecular formula is C43H34Cl2. The first-order valence-electron chi connectivity index (χ1n) is 16.1. The molecule has 2 aliphatic rings. The highest BCUT2D eigenvalue weighted by Crippen LogP contribution is 2.57. The maximum absolute atomic E-state index is 7.40. The van der Waals surface area contributed by atoms with E-state index in [2.05, 4.69) is 135 Å². The van der Waals surface area contributed by atoms with E-state index in [9.17, 15) is 0 Å². The van der Waals surface area contributed by atoms with Crippen LogP contribution < -0.4 is 0 Å². The fourth-order valence-corrected chi connectivity index (χ4v) is 9.11. The molecule has 0 saturated heterocycles. The number of hydrogen-bond acceptors (Lipinski definition) is 0. The molecule has 0 amide bonds. The highest BCUT2D eigenvalue weighted by Gasteiger charge is 2.38. The van der Waals surface area contributed by atoms with Crippen LogP contribution in [0.4, 0.5) is 0 Å². The van der Waals surface area contributed by atoms with Crippen molar-refractivity contribution in [3.8, 4) is 22.3 Å². The van der Waals surface area contributed by atoms with Gasteiger partial charge in [-0.2, -0.15) is 0 Å². The molecule has 6 aromatic carbocycles. The van der Waals surface area contributed by atoms with E-state index in [-0.39, 0.29) is 11.8 Å². The molecule has 0 nitrogen and oxygen atoms in total. The van der Waals surface area contributed by atoms with Gasteiger partial charge in [0.2, 0.25) is 0 Å². The Morgan fingerprint density at radius 1 is 0.444 bits per heavy atom. The van der Waals surface area contributed by atoms with Gasteiger partial charge in [0.05, 0.1) is 0 Å². The molecule has 0 heterocycles. The molecule has 0 spiro atoms. The smallest absolute Gasteiger partial charge is 0.0485 e. The zero-order chi connectivity index (χ0) is 30.7. The van der Waals surface area contributed by atoms with Crippen LogP contribution in [0.15, 0.2) is 132 Å². The molecule has 0 saturated carbocycles. The molecule has 6 aromatic rings. The third-order valence-corrected chi connectivity index (χ3v) is 11.0. The Balaban J connectivity index is 1.26. The molecule has 2 atom stereocenters. The molecule has 45 heavy (non-hydrogen) atoms. The molecule has 2 unspecified atom stereocenters. The van der Waals surface area contributed by atoms with Gasteiger partial charge in [-0.05, 0) is 85.3 Å². The van der Waals surface area contributed by atoms with Crippen molar-refractivity contribution in [3.05, 3.63) is 155 Å². The maximum Gasteiger partial charge on any atom is 0.0485 e. The Morgan fingerprint density at radius 3 is 1.27 bits per heavy atom. The Kier molecular flexibility index (Phi) is 7.16. The molecular weight excluding hydrogens is 587 g/mol. The fourth-order valence-electron chi connectivity index (χ4n) is 8.16. The van der Waals surface area contributed by atoms with Crippen molar-refractivity contribution in [2.75, 3.05) is 0 Å². The minimum absolute atomic E-state index is 0.232. The van der Waals surface area contributed by atoms with E-state index in [1.54, 1.807) is 0 Å². The molecule has 2 heteroatoms. The number of halogens is 2. The van der Waals surface area contributed by atoms with Crippen molar-refractivity contribution in [2.24, 2.45) is 0 Å². The molecule has 0 N–H and O–H groups in total. The first-order chi connectivity index (χ1) is 22.1. The molecule has 8 rings (SSSR count). The van der Waals surface area contributed by atoms with Crippen LogP contribution >= 0.6 is 23.2 Å². The molecule has 0 aliphatic heterocycles. The minimum Gasteiger partial charge on any atom is -0.0837 e. The van der Waals surface area contributed by atoms with Crippen LogP contribution in [0.25, 0.3) is 53.9 Å². The van der Waals surface area contributed by atoms with Crippen LogP contribution in [0.5, 0.6) is 0 Å². The predicted octanol–water partition coefficient (Wildman–Crippen LogP) is 13.3. The highest BCUT2D eigenvalue weighted by molar-refractivity contribution is 6.51. The fraction of sp³-hybridized carbons (Fsp3) is 0.163. The van der Waals surface area contributed by atoms with Crippen LogP contribution in [0.3, 0.4) is 0 Å². The SMILES string of the molecule is CCC1=C(Cl)c2c(-c3cccc4ccccc34)cccc2C1CC1C(CC)=C(Cl)c2c(-c3cccc4ccccc34)cccc21. The quantitative estimate of drug-likeness (QED) is 0.174. The summed E-state index contributed by atoms with van der Waals surface area (Å²) >= 11 is 14.8. The summed E-state index contributed by atoms with van der Waals surface area (Å²) in [6.07, 6.45) is 2.79. The van der Waals surface area contributed by atoms with Crippen LogP contribution in [-0.2, 0) is 0 Å². The van der Waals surface area contributed by atoms with Gasteiger partial charge in [-0.1, -0.05) is 158 Å². The summed E-state index contributed by atoms with van der Waals surface area (Å²) in [5.74, 6) is 0.464. The average Bonchev–Trinajstić information content (AvgIpc) is 3.53. The van der Waals surface area contributed by atoms with Gasteiger partial charge >= 0.3 is 0 Å². The van der Waals surface area contributed by atoms with E-state index < -0.39 is 0 Å². The standard InChI is InChI=1S/C43H34Cl2/c1-3-28-38(36-23-11-21-34(40(36)42(28)44)32-19-9-15-26-13-5-7-17-30(26)32)25-39-29(4-2)43(45)41-35(22-12-24-37(39)41)33-20-10-16-27-14-6-8-18-31(27)33/h5-24,38-39H,3-4,25H2,1-2H3. The lowest BCUT2D eigenvalue weighted by molar-refractivity contribution is 0.620. The first kappa shape index (κ1) is 28.4. The van der Waals surface area contributed by atoms with E-state index in [0.29, 0.717) is 0 Å². The third kappa shape index (κ3) is 4.42. The zero-order valence-corrected chi connectivity index (χ0v) is 27.1. The van der Waals surface area contributed by atoms with E-state index in [1.165, 1.54) is 77.2 Å². The summed E-state index contributed by atoms with van der Waals surface area (Å²) in [6, 6.07) is 44.0. The minimum atomic E-state index is 0.232. The molecule has 0 bridgehead atoms. The summed E-state index contributed by atoms with van der Waals surface area (Å²) in [7, 11) is 0. The van der Waals surface area contributed by atoms with E-state index in [1.807, 2.05) is 0 Å². The van der Waals surface area contributed by atoms with Gasteiger partial charge in [0, 0.05) is 33.0 Å². The Labute approximate surface area is 275 Å². The van der Waals surface area contributed by atoms with Gasteiger partial charge in [0.25, 0.3) is 0 Å². The number of hydrogen-bond donors (Lipinski definition) is 0. The number of rotatable bonds is 6. The van der Waals surface area contributed by atoms with Crippen LogP contribution in [0.1, 0.15) is 67.2 Å². The number of fused-ring (bicyclic) bond motifs is 4. The topological polar surface area (TPSA) is 0 Å². The van der Waals surface area contributed by atoms with E-state index in [4.69, 9.17) is 23.2 Å². The maximum atomic E-state index is 7.40. The van der Waals surface area contributed by atoms with Gasteiger partial charge in [0.15, 0.2) is 0 Å². The van der Waals surface area contributed by atoms with Gasteiger partial charge in [-0.15, -0.1) is 0 Å².